The first-order valence-corrected chi connectivity index (χ1v) is 7.03. The molecule has 116 valence electrons. The molecule has 1 N–H and O–H groups in total. The van der Waals surface area contributed by atoms with E-state index in [2.05, 4.69) is 15.2 Å². The monoisotopic (exact) mass is 300 g/mol. The van der Waals surface area contributed by atoms with Crippen LogP contribution in [0.3, 0.4) is 0 Å². The number of hydrogen-bond acceptors (Lipinski definition) is 4. The van der Waals surface area contributed by atoms with Crippen LogP contribution in [0.5, 0.6) is 0 Å². The van der Waals surface area contributed by atoms with Gasteiger partial charge in [-0.1, -0.05) is 12.1 Å². The van der Waals surface area contributed by atoms with Crippen LogP contribution in [0.25, 0.3) is 0 Å². The molecule has 0 spiro atoms. The minimum absolute atomic E-state index is 0.111. The maximum Gasteiger partial charge on any atom is 0.274 e. The molecule has 0 saturated heterocycles. The average molecular weight is 300 g/mol. The van der Waals surface area contributed by atoms with Gasteiger partial charge in [-0.3, -0.25) is 9.59 Å². The number of hydrogen-bond donors (Lipinski definition) is 1. The molecule has 0 bridgehead atoms. The van der Waals surface area contributed by atoms with E-state index in [1.54, 1.807) is 7.05 Å². The Morgan fingerprint density at radius 3 is 2.55 bits per heavy atom. The van der Waals surface area contributed by atoms with Crippen molar-refractivity contribution in [1.29, 1.82) is 0 Å². The van der Waals surface area contributed by atoms with Crippen LogP contribution in [0.2, 0.25) is 0 Å². The van der Waals surface area contributed by atoms with Crippen molar-refractivity contribution in [2.75, 3.05) is 26.0 Å². The summed E-state index contributed by atoms with van der Waals surface area (Å²) < 4.78 is 1.32. The summed E-state index contributed by atoms with van der Waals surface area (Å²) in [6.07, 6.45) is 2.29. The van der Waals surface area contributed by atoms with Gasteiger partial charge in [0.05, 0.1) is 6.33 Å². The molecule has 0 aliphatic rings. The summed E-state index contributed by atoms with van der Waals surface area (Å²) in [5.41, 5.74) is 1.73. The van der Waals surface area contributed by atoms with Crippen molar-refractivity contribution >= 4 is 11.6 Å². The molecular weight excluding hydrogens is 280 g/mol. The van der Waals surface area contributed by atoms with Gasteiger partial charge in [-0.2, -0.15) is 0 Å². The number of carbonyl (C=O) groups excluding carboxylic acids is 1. The van der Waals surface area contributed by atoms with Crippen LogP contribution >= 0.6 is 0 Å². The summed E-state index contributed by atoms with van der Waals surface area (Å²) in [5.74, 6) is -0.390. The number of nitrogens with zero attached hydrogens (tertiary/aromatic N) is 3. The minimum Gasteiger partial charge on any atom is -0.321 e. The van der Waals surface area contributed by atoms with Crippen molar-refractivity contribution in [2.45, 2.75) is 6.42 Å². The normalized spacial score (nSPS) is 10.7. The number of amides is 1. The van der Waals surface area contributed by atoms with Crippen LogP contribution in [0.15, 0.2) is 41.5 Å². The Morgan fingerprint density at radius 1 is 1.27 bits per heavy atom. The number of anilines is 1. The molecule has 2 aromatic rings. The van der Waals surface area contributed by atoms with E-state index >= 15 is 0 Å². The fourth-order valence-corrected chi connectivity index (χ4v) is 1.89. The second kappa shape index (κ2) is 7.00. The number of carbonyl (C=O) groups is 1. The van der Waals surface area contributed by atoms with Crippen LogP contribution in [0.4, 0.5) is 5.69 Å². The Kier molecular flexibility index (Phi) is 5.06. The van der Waals surface area contributed by atoms with Gasteiger partial charge in [-0.05, 0) is 38.2 Å². The molecular formula is C16H20N4O2. The van der Waals surface area contributed by atoms with Crippen molar-refractivity contribution in [3.63, 3.8) is 0 Å². The van der Waals surface area contributed by atoms with Gasteiger partial charge in [0.1, 0.15) is 5.69 Å². The third-order valence-electron chi connectivity index (χ3n) is 3.27. The van der Waals surface area contributed by atoms with Crippen LogP contribution in [0.1, 0.15) is 16.1 Å². The second-order valence-electron chi connectivity index (χ2n) is 5.43. The van der Waals surface area contributed by atoms with Crippen LogP contribution < -0.4 is 10.9 Å². The van der Waals surface area contributed by atoms with Crippen LogP contribution in [-0.4, -0.2) is 41.0 Å². The van der Waals surface area contributed by atoms with Crippen molar-refractivity contribution in [2.24, 2.45) is 7.05 Å². The smallest absolute Gasteiger partial charge is 0.274 e. The second-order valence-corrected chi connectivity index (χ2v) is 5.43. The maximum absolute atomic E-state index is 12.0. The Morgan fingerprint density at radius 2 is 1.95 bits per heavy atom. The van der Waals surface area contributed by atoms with Crippen molar-refractivity contribution in [3.05, 3.63) is 58.3 Å². The summed E-state index contributed by atoms with van der Waals surface area (Å²) in [4.78, 5) is 29.6. The van der Waals surface area contributed by atoms with E-state index < -0.39 is 5.91 Å². The Bertz CT molecular complexity index is 705. The molecule has 0 saturated carbocycles. The summed E-state index contributed by atoms with van der Waals surface area (Å²) in [5, 5.41) is 2.74. The topological polar surface area (TPSA) is 67.2 Å². The fourth-order valence-electron chi connectivity index (χ4n) is 1.89. The van der Waals surface area contributed by atoms with Gasteiger partial charge < -0.3 is 14.8 Å². The Hall–Kier alpha value is -2.47. The van der Waals surface area contributed by atoms with E-state index in [-0.39, 0.29) is 11.3 Å². The Labute approximate surface area is 129 Å². The molecule has 2 rings (SSSR count). The third kappa shape index (κ3) is 4.26. The molecule has 0 unspecified atom stereocenters. The highest BCUT2D eigenvalue weighted by Crippen LogP contribution is 2.11. The number of aryl methyl sites for hydroxylation is 1. The van der Waals surface area contributed by atoms with E-state index in [0.717, 1.165) is 13.0 Å². The van der Waals surface area contributed by atoms with Gasteiger partial charge >= 0.3 is 0 Å². The molecule has 6 heteroatoms. The number of rotatable bonds is 5. The fraction of sp³-hybridized carbons (Fsp3) is 0.312. The van der Waals surface area contributed by atoms with Crippen LogP contribution in [-0.2, 0) is 13.5 Å². The predicted octanol–water partition coefficient (Wildman–Crippen LogP) is 1.14. The number of likely N-dealkylation sites (N-methyl/N-ethyl adjacent to an activating group) is 1. The number of nitrogens with one attached hydrogen (secondary N) is 1. The molecule has 1 amide bonds. The summed E-state index contributed by atoms with van der Waals surface area (Å²) in [6, 6.07) is 8.89. The lowest BCUT2D eigenvalue weighted by atomic mass is 10.1. The SMILES string of the molecule is CN(C)CCc1ccc(NC(=O)c2cc(=O)n(C)cn2)cc1. The van der Waals surface area contributed by atoms with Gasteiger partial charge in [0.15, 0.2) is 0 Å². The minimum atomic E-state index is -0.390. The van der Waals surface area contributed by atoms with Crippen LogP contribution in [0, 0.1) is 0 Å². The first kappa shape index (κ1) is 15.9. The number of benzene rings is 1. The van der Waals surface area contributed by atoms with Gasteiger partial charge in [-0.15, -0.1) is 0 Å². The summed E-state index contributed by atoms with van der Waals surface area (Å²) in [6.45, 7) is 0.975. The zero-order chi connectivity index (χ0) is 16.1. The first-order chi connectivity index (χ1) is 10.5. The lowest BCUT2D eigenvalue weighted by molar-refractivity contribution is 0.102. The summed E-state index contributed by atoms with van der Waals surface area (Å²) >= 11 is 0. The number of aromatic nitrogens is 2. The highest BCUT2D eigenvalue weighted by atomic mass is 16.2. The van der Waals surface area contributed by atoms with E-state index in [1.807, 2.05) is 38.4 Å². The summed E-state index contributed by atoms with van der Waals surface area (Å²) in [7, 11) is 5.65. The zero-order valence-corrected chi connectivity index (χ0v) is 13.0. The average Bonchev–Trinajstić information content (AvgIpc) is 2.49. The van der Waals surface area contributed by atoms with Gasteiger partial charge in [0, 0.05) is 25.3 Å². The molecule has 1 heterocycles. The van der Waals surface area contributed by atoms with Crippen molar-refractivity contribution < 1.29 is 4.79 Å². The molecule has 0 fully saturated rings. The molecule has 0 aliphatic carbocycles. The zero-order valence-electron chi connectivity index (χ0n) is 13.0. The highest BCUT2D eigenvalue weighted by molar-refractivity contribution is 6.02. The van der Waals surface area contributed by atoms with Gasteiger partial charge in [0.2, 0.25) is 0 Å². The van der Waals surface area contributed by atoms with E-state index in [1.165, 1.54) is 22.5 Å². The molecule has 22 heavy (non-hydrogen) atoms. The van der Waals surface area contributed by atoms with Crippen molar-refractivity contribution in [1.82, 2.24) is 14.5 Å². The standard InChI is InChI=1S/C16H20N4O2/c1-19(2)9-8-12-4-6-13(7-5-12)18-16(22)14-10-15(21)20(3)11-17-14/h4-7,10-11H,8-9H2,1-3H3,(H,18,22). The highest BCUT2D eigenvalue weighted by Gasteiger charge is 2.09. The van der Waals surface area contributed by atoms with Crippen molar-refractivity contribution in [3.8, 4) is 0 Å². The quantitative estimate of drug-likeness (QED) is 0.899. The van der Waals surface area contributed by atoms with E-state index in [0.29, 0.717) is 5.69 Å². The first-order valence-electron chi connectivity index (χ1n) is 7.03. The molecule has 6 nitrogen and oxygen atoms in total. The molecule has 0 atom stereocenters. The molecule has 1 aromatic heterocycles. The van der Waals surface area contributed by atoms with E-state index in [4.69, 9.17) is 0 Å². The Balaban J connectivity index is 2.02. The predicted molar refractivity (Wildman–Crippen MR) is 86.1 cm³/mol. The largest absolute Gasteiger partial charge is 0.321 e. The molecule has 1 aromatic carbocycles. The van der Waals surface area contributed by atoms with Gasteiger partial charge in [-0.25, -0.2) is 4.98 Å². The van der Waals surface area contributed by atoms with E-state index in [9.17, 15) is 9.59 Å². The van der Waals surface area contributed by atoms with Gasteiger partial charge in [0.25, 0.3) is 11.5 Å². The lowest BCUT2D eigenvalue weighted by Gasteiger charge is -2.10. The lowest BCUT2D eigenvalue weighted by Crippen LogP contribution is -2.22. The maximum atomic E-state index is 12.0. The molecule has 0 radical (unpaired) electrons. The third-order valence-corrected chi connectivity index (χ3v) is 3.27. The molecule has 0 aliphatic heterocycles.